The molecule has 0 N–H and O–H groups in total. The third kappa shape index (κ3) is 5.34. The summed E-state index contributed by atoms with van der Waals surface area (Å²) in [6.07, 6.45) is 1.90. The number of ether oxygens (including phenoxy) is 1. The van der Waals surface area contributed by atoms with Crippen LogP contribution in [-0.4, -0.2) is 71.6 Å². The van der Waals surface area contributed by atoms with Crippen molar-refractivity contribution in [1.29, 1.82) is 0 Å². The second-order valence-electron chi connectivity index (χ2n) is 10.4. The van der Waals surface area contributed by atoms with Gasteiger partial charge in [-0.2, -0.15) is 0 Å². The van der Waals surface area contributed by atoms with Crippen LogP contribution in [-0.2, 0) is 11.3 Å². The first-order valence-electron chi connectivity index (χ1n) is 13.7. The molecule has 2 aliphatic rings. The quantitative estimate of drug-likeness (QED) is 0.363. The van der Waals surface area contributed by atoms with E-state index in [1.165, 1.54) is 12.1 Å². The Morgan fingerprint density at radius 2 is 1.74 bits per heavy atom. The second-order valence-corrected chi connectivity index (χ2v) is 10.4. The number of para-hydroxylation sites is 2. The summed E-state index contributed by atoms with van der Waals surface area (Å²) in [4.78, 5) is 25.2. The van der Waals surface area contributed by atoms with Crippen LogP contribution in [0.25, 0.3) is 16.7 Å². The Labute approximate surface area is 228 Å². The van der Waals surface area contributed by atoms with E-state index in [2.05, 4.69) is 26.5 Å². The highest BCUT2D eigenvalue weighted by Crippen LogP contribution is 2.27. The first-order valence-corrected chi connectivity index (χ1v) is 13.7. The number of aromatic nitrogens is 2. The molecule has 1 aromatic heterocycles. The van der Waals surface area contributed by atoms with Crippen LogP contribution in [0.1, 0.15) is 18.7 Å². The van der Waals surface area contributed by atoms with Crippen molar-refractivity contribution in [2.45, 2.75) is 19.4 Å². The number of carbonyl (C=O) groups excluding carboxylic acids is 1. The Morgan fingerprint density at radius 1 is 0.949 bits per heavy atom. The minimum absolute atomic E-state index is 0.00855. The highest BCUT2D eigenvalue weighted by molar-refractivity contribution is 5.80. The molecule has 202 valence electrons. The zero-order chi connectivity index (χ0) is 26.8. The molecule has 0 saturated carbocycles. The largest absolute Gasteiger partial charge is 0.497 e. The predicted molar refractivity (Wildman–Crippen MR) is 151 cm³/mol. The van der Waals surface area contributed by atoms with Crippen molar-refractivity contribution in [3.63, 3.8) is 0 Å². The number of hydrogen-bond donors (Lipinski definition) is 0. The lowest BCUT2D eigenvalue weighted by Gasteiger charge is -2.39. The lowest BCUT2D eigenvalue weighted by atomic mass is 9.96. The van der Waals surface area contributed by atoms with Crippen LogP contribution in [0.15, 0.2) is 72.8 Å². The van der Waals surface area contributed by atoms with E-state index in [0.717, 1.165) is 86.1 Å². The zero-order valence-electron chi connectivity index (χ0n) is 22.3. The van der Waals surface area contributed by atoms with Crippen molar-refractivity contribution < 1.29 is 13.9 Å². The molecule has 3 heterocycles. The Morgan fingerprint density at radius 3 is 2.54 bits per heavy atom. The average molecular weight is 528 g/mol. The van der Waals surface area contributed by atoms with Gasteiger partial charge in [-0.25, -0.2) is 9.37 Å². The number of nitrogens with zero attached hydrogens (tertiary/aromatic N) is 5. The van der Waals surface area contributed by atoms with E-state index >= 15 is 0 Å². The van der Waals surface area contributed by atoms with Gasteiger partial charge in [-0.3, -0.25) is 14.3 Å². The maximum Gasteiger partial charge on any atom is 0.227 e. The molecule has 2 fully saturated rings. The molecule has 2 saturated heterocycles. The summed E-state index contributed by atoms with van der Waals surface area (Å²) in [6.45, 7) is 5.38. The van der Waals surface area contributed by atoms with E-state index in [9.17, 15) is 9.18 Å². The van der Waals surface area contributed by atoms with Crippen LogP contribution >= 0.6 is 0 Å². The monoisotopic (exact) mass is 527 g/mol. The minimum Gasteiger partial charge on any atom is -0.497 e. The Kier molecular flexibility index (Phi) is 7.20. The van der Waals surface area contributed by atoms with E-state index in [1.54, 1.807) is 19.2 Å². The van der Waals surface area contributed by atoms with Gasteiger partial charge in [0, 0.05) is 50.2 Å². The first kappa shape index (κ1) is 25.4. The van der Waals surface area contributed by atoms with E-state index in [1.807, 2.05) is 41.3 Å². The fourth-order valence-corrected chi connectivity index (χ4v) is 5.91. The predicted octanol–water partition coefficient (Wildman–Crippen LogP) is 4.73. The van der Waals surface area contributed by atoms with Gasteiger partial charge < -0.3 is 14.5 Å². The number of likely N-dealkylation sites (tertiary alicyclic amines) is 1. The van der Waals surface area contributed by atoms with Crippen LogP contribution in [0, 0.1) is 11.7 Å². The summed E-state index contributed by atoms with van der Waals surface area (Å²) >= 11 is 0. The number of fused-ring (bicyclic) bond motifs is 1. The fourth-order valence-electron chi connectivity index (χ4n) is 5.91. The van der Waals surface area contributed by atoms with E-state index in [4.69, 9.17) is 9.72 Å². The number of amides is 1. The van der Waals surface area contributed by atoms with Crippen LogP contribution in [0.2, 0.25) is 0 Å². The number of halogens is 1. The van der Waals surface area contributed by atoms with Crippen LogP contribution in [0.4, 0.5) is 10.1 Å². The van der Waals surface area contributed by atoms with Gasteiger partial charge in [0.1, 0.15) is 17.4 Å². The summed E-state index contributed by atoms with van der Waals surface area (Å²) < 4.78 is 21.1. The second kappa shape index (κ2) is 11.1. The van der Waals surface area contributed by atoms with Crippen molar-refractivity contribution in [2.24, 2.45) is 5.92 Å². The molecule has 7 nitrogen and oxygen atoms in total. The highest BCUT2D eigenvalue weighted by atomic mass is 19.1. The molecular formula is C31H34FN5O2. The average Bonchev–Trinajstić information content (AvgIpc) is 3.35. The topological polar surface area (TPSA) is 53.8 Å². The standard InChI is InChI=1S/C31H34FN5O2/c1-39-27-8-4-7-26(20-27)35-16-18-36(19-17-35)31(38)23-6-5-15-34(21-23)22-30-33-28-9-2-3-10-29(28)37(30)25-13-11-24(32)12-14-25/h2-4,7-14,20,23H,5-6,15-19,21-22H2,1H3/t23-/m1/s1. The number of anilines is 1. The number of imidazole rings is 1. The number of piperidine rings is 1. The Balaban J connectivity index is 1.13. The maximum absolute atomic E-state index is 13.6. The number of piperazine rings is 1. The van der Waals surface area contributed by atoms with Gasteiger partial charge in [0.05, 0.1) is 30.6 Å². The number of carbonyl (C=O) groups is 1. The molecular weight excluding hydrogens is 493 g/mol. The highest BCUT2D eigenvalue weighted by Gasteiger charge is 2.32. The van der Waals surface area contributed by atoms with Gasteiger partial charge in [0.2, 0.25) is 5.91 Å². The van der Waals surface area contributed by atoms with Crippen molar-refractivity contribution in [1.82, 2.24) is 19.4 Å². The summed E-state index contributed by atoms with van der Waals surface area (Å²) in [5.74, 6) is 1.75. The summed E-state index contributed by atoms with van der Waals surface area (Å²) in [5, 5.41) is 0. The summed E-state index contributed by atoms with van der Waals surface area (Å²) in [6, 6.07) is 22.7. The lowest BCUT2D eigenvalue weighted by Crippen LogP contribution is -2.52. The molecule has 0 bridgehead atoms. The minimum atomic E-state index is -0.258. The molecule has 0 spiro atoms. The van der Waals surface area contributed by atoms with Gasteiger partial charge in [0.25, 0.3) is 0 Å². The van der Waals surface area contributed by atoms with Crippen molar-refractivity contribution in [3.05, 3.63) is 84.4 Å². The van der Waals surface area contributed by atoms with Crippen LogP contribution in [0.3, 0.4) is 0 Å². The van der Waals surface area contributed by atoms with Crippen molar-refractivity contribution in [3.8, 4) is 11.4 Å². The van der Waals surface area contributed by atoms with Crippen molar-refractivity contribution >= 4 is 22.6 Å². The molecule has 1 amide bonds. The molecule has 39 heavy (non-hydrogen) atoms. The van der Waals surface area contributed by atoms with Gasteiger partial charge in [-0.15, -0.1) is 0 Å². The Bertz CT molecular complexity index is 1450. The lowest BCUT2D eigenvalue weighted by molar-refractivity contribution is -0.137. The molecule has 4 aromatic rings. The third-order valence-corrected chi connectivity index (χ3v) is 7.94. The van der Waals surface area contributed by atoms with Crippen LogP contribution in [0.5, 0.6) is 5.75 Å². The normalized spacial score (nSPS) is 18.5. The summed E-state index contributed by atoms with van der Waals surface area (Å²) in [5.41, 5.74) is 3.93. The number of benzene rings is 3. The maximum atomic E-state index is 13.6. The van der Waals surface area contributed by atoms with Gasteiger partial charge in [-0.05, 0) is 67.9 Å². The molecule has 0 unspecified atom stereocenters. The number of rotatable bonds is 6. The van der Waals surface area contributed by atoms with Gasteiger partial charge in [0.15, 0.2) is 0 Å². The number of methoxy groups -OCH3 is 1. The molecule has 0 radical (unpaired) electrons. The Hall–Kier alpha value is -3.91. The van der Waals surface area contributed by atoms with E-state index < -0.39 is 0 Å². The van der Waals surface area contributed by atoms with Gasteiger partial charge in [-0.1, -0.05) is 18.2 Å². The molecule has 0 aliphatic carbocycles. The smallest absolute Gasteiger partial charge is 0.227 e. The molecule has 2 aliphatic heterocycles. The summed E-state index contributed by atoms with van der Waals surface area (Å²) in [7, 11) is 1.68. The third-order valence-electron chi connectivity index (χ3n) is 7.94. The fraction of sp³-hybridized carbons (Fsp3) is 0.355. The molecule has 1 atom stereocenters. The van der Waals surface area contributed by atoms with Gasteiger partial charge >= 0.3 is 0 Å². The van der Waals surface area contributed by atoms with Crippen molar-refractivity contribution in [2.75, 3.05) is 51.3 Å². The van der Waals surface area contributed by atoms with E-state index in [0.29, 0.717) is 6.54 Å². The first-order chi connectivity index (χ1) is 19.1. The zero-order valence-corrected chi connectivity index (χ0v) is 22.3. The molecule has 6 rings (SSSR count). The number of hydrogen-bond acceptors (Lipinski definition) is 5. The van der Waals surface area contributed by atoms with E-state index in [-0.39, 0.29) is 17.6 Å². The molecule has 3 aromatic carbocycles. The molecule has 8 heteroatoms. The SMILES string of the molecule is COc1cccc(N2CCN(C(=O)[C@@H]3CCCN(Cc4nc5ccccc5n4-c4ccc(F)cc4)C3)CC2)c1. The van der Waals surface area contributed by atoms with Crippen LogP contribution < -0.4 is 9.64 Å².